The van der Waals surface area contributed by atoms with Crippen molar-refractivity contribution in [3.05, 3.63) is 22.6 Å². The van der Waals surface area contributed by atoms with Crippen molar-refractivity contribution in [1.82, 2.24) is 9.78 Å². The molecule has 0 atom stereocenters. The van der Waals surface area contributed by atoms with Crippen LogP contribution in [0.4, 0.5) is 5.69 Å². The maximum absolute atomic E-state index is 11.8. The zero-order valence-corrected chi connectivity index (χ0v) is 10.1. The number of aromatic nitrogens is 2. The molecule has 1 fully saturated rings. The summed E-state index contributed by atoms with van der Waals surface area (Å²) in [7, 11) is 0. The van der Waals surface area contributed by atoms with Gasteiger partial charge in [0.15, 0.2) is 0 Å². The van der Waals surface area contributed by atoms with E-state index in [2.05, 4.69) is 10.00 Å². The minimum absolute atomic E-state index is 0.0264. The second-order valence-electron chi connectivity index (χ2n) is 4.47. The molecule has 2 N–H and O–H groups in total. The van der Waals surface area contributed by atoms with Gasteiger partial charge in [0.2, 0.25) is 0 Å². The van der Waals surface area contributed by atoms with Crippen molar-refractivity contribution in [2.45, 2.75) is 32.2 Å². The molecular formula is C12H20N4O. The summed E-state index contributed by atoms with van der Waals surface area (Å²) >= 11 is 0. The molecule has 0 saturated carbocycles. The lowest BCUT2D eigenvalue weighted by molar-refractivity contribution is 0.545. The Labute approximate surface area is 101 Å². The molecule has 17 heavy (non-hydrogen) atoms. The van der Waals surface area contributed by atoms with Crippen molar-refractivity contribution in [1.29, 1.82) is 0 Å². The molecule has 1 aromatic heterocycles. The molecule has 0 unspecified atom stereocenters. The van der Waals surface area contributed by atoms with Crippen LogP contribution in [0, 0.1) is 0 Å². The van der Waals surface area contributed by atoms with E-state index >= 15 is 0 Å². The Bertz CT molecular complexity index is 409. The van der Waals surface area contributed by atoms with Gasteiger partial charge in [-0.1, -0.05) is 0 Å². The van der Waals surface area contributed by atoms with Crippen molar-refractivity contribution >= 4 is 5.69 Å². The van der Waals surface area contributed by atoms with E-state index in [1.165, 1.54) is 23.9 Å². The summed E-state index contributed by atoms with van der Waals surface area (Å²) in [6, 6.07) is 1.69. The van der Waals surface area contributed by atoms with Crippen LogP contribution < -0.4 is 16.2 Å². The fourth-order valence-electron chi connectivity index (χ4n) is 2.16. The van der Waals surface area contributed by atoms with Crippen LogP contribution in [0.3, 0.4) is 0 Å². The molecule has 1 aliphatic heterocycles. The largest absolute Gasteiger partial charge is 0.370 e. The van der Waals surface area contributed by atoms with Crippen LogP contribution in [0.5, 0.6) is 0 Å². The number of nitrogens with two attached hydrogens (primary N) is 1. The van der Waals surface area contributed by atoms with Crippen molar-refractivity contribution in [2.24, 2.45) is 5.73 Å². The second kappa shape index (κ2) is 5.82. The highest BCUT2D eigenvalue weighted by Crippen LogP contribution is 2.16. The lowest BCUT2D eigenvalue weighted by atomic mass is 10.1. The Morgan fingerprint density at radius 1 is 1.29 bits per heavy atom. The van der Waals surface area contributed by atoms with Crippen molar-refractivity contribution in [3.8, 4) is 0 Å². The normalized spacial score (nSPS) is 16.2. The van der Waals surface area contributed by atoms with Crippen LogP contribution in [0.15, 0.2) is 17.1 Å². The van der Waals surface area contributed by atoms with Crippen LogP contribution in [-0.4, -0.2) is 29.4 Å². The molecular weight excluding hydrogens is 216 g/mol. The number of hydrogen-bond donors (Lipinski definition) is 1. The minimum Gasteiger partial charge on any atom is -0.370 e. The van der Waals surface area contributed by atoms with E-state index in [1.54, 1.807) is 12.3 Å². The van der Waals surface area contributed by atoms with Gasteiger partial charge in [0.25, 0.3) is 5.56 Å². The zero-order chi connectivity index (χ0) is 12.1. The molecule has 5 heteroatoms. The van der Waals surface area contributed by atoms with E-state index in [9.17, 15) is 4.79 Å². The second-order valence-corrected chi connectivity index (χ2v) is 4.47. The van der Waals surface area contributed by atoms with Gasteiger partial charge >= 0.3 is 0 Å². The predicted molar refractivity (Wildman–Crippen MR) is 68.2 cm³/mol. The standard InChI is InChI=1S/C12H20N4O/c13-5-4-8-16-12(17)9-11(10-14-16)15-6-2-1-3-7-15/h9-10H,1-8,13H2. The zero-order valence-electron chi connectivity index (χ0n) is 10.1. The Morgan fingerprint density at radius 3 is 2.71 bits per heavy atom. The molecule has 1 saturated heterocycles. The summed E-state index contributed by atoms with van der Waals surface area (Å²) in [4.78, 5) is 14.1. The van der Waals surface area contributed by atoms with E-state index < -0.39 is 0 Å². The number of aryl methyl sites for hydroxylation is 1. The maximum Gasteiger partial charge on any atom is 0.268 e. The topological polar surface area (TPSA) is 64.2 Å². The summed E-state index contributed by atoms with van der Waals surface area (Å²) in [5, 5.41) is 4.20. The molecule has 2 heterocycles. The fraction of sp³-hybridized carbons (Fsp3) is 0.667. The Balaban J connectivity index is 2.09. The lowest BCUT2D eigenvalue weighted by Crippen LogP contribution is -2.32. The van der Waals surface area contributed by atoms with Gasteiger partial charge < -0.3 is 10.6 Å². The van der Waals surface area contributed by atoms with Gasteiger partial charge in [-0.15, -0.1) is 0 Å². The molecule has 1 aromatic rings. The van der Waals surface area contributed by atoms with Crippen LogP contribution >= 0.6 is 0 Å². The van der Waals surface area contributed by atoms with Crippen LogP contribution in [0.2, 0.25) is 0 Å². The molecule has 0 aliphatic carbocycles. The SMILES string of the molecule is NCCCn1ncc(N2CCCCC2)cc1=O. The number of nitrogens with zero attached hydrogens (tertiary/aromatic N) is 3. The van der Waals surface area contributed by atoms with E-state index in [1.807, 2.05) is 0 Å². The van der Waals surface area contributed by atoms with E-state index in [0.29, 0.717) is 13.1 Å². The first-order valence-electron chi connectivity index (χ1n) is 6.33. The van der Waals surface area contributed by atoms with Gasteiger partial charge in [0.1, 0.15) is 0 Å². The predicted octanol–water partition coefficient (Wildman–Crippen LogP) is 0.582. The highest BCUT2D eigenvalue weighted by molar-refractivity contribution is 5.43. The quantitative estimate of drug-likeness (QED) is 0.830. The third-order valence-electron chi connectivity index (χ3n) is 3.15. The van der Waals surface area contributed by atoms with Crippen molar-refractivity contribution < 1.29 is 0 Å². The van der Waals surface area contributed by atoms with Crippen LogP contribution in [-0.2, 0) is 6.54 Å². The Hall–Kier alpha value is -1.36. The smallest absolute Gasteiger partial charge is 0.268 e. The van der Waals surface area contributed by atoms with E-state index in [4.69, 9.17) is 5.73 Å². The fourth-order valence-corrected chi connectivity index (χ4v) is 2.16. The van der Waals surface area contributed by atoms with Gasteiger partial charge in [-0.05, 0) is 32.2 Å². The third-order valence-corrected chi connectivity index (χ3v) is 3.15. The van der Waals surface area contributed by atoms with E-state index in [0.717, 1.165) is 25.2 Å². The van der Waals surface area contributed by atoms with E-state index in [-0.39, 0.29) is 5.56 Å². The average Bonchev–Trinajstić information content (AvgIpc) is 2.38. The van der Waals surface area contributed by atoms with Gasteiger partial charge in [0.05, 0.1) is 11.9 Å². The summed E-state index contributed by atoms with van der Waals surface area (Å²) in [6.45, 7) is 3.26. The highest BCUT2D eigenvalue weighted by Gasteiger charge is 2.12. The highest BCUT2D eigenvalue weighted by atomic mass is 16.1. The van der Waals surface area contributed by atoms with Crippen LogP contribution in [0.1, 0.15) is 25.7 Å². The Morgan fingerprint density at radius 2 is 2.06 bits per heavy atom. The molecule has 0 amide bonds. The first-order chi connectivity index (χ1) is 8.31. The van der Waals surface area contributed by atoms with Crippen LogP contribution in [0.25, 0.3) is 0 Å². The Kier molecular flexibility index (Phi) is 4.14. The van der Waals surface area contributed by atoms with Gasteiger partial charge in [0, 0.05) is 25.7 Å². The molecule has 5 nitrogen and oxygen atoms in total. The first-order valence-corrected chi connectivity index (χ1v) is 6.33. The maximum atomic E-state index is 11.8. The molecule has 0 spiro atoms. The number of piperidine rings is 1. The molecule has 94 valence electrons. The summed E-state index contributed by atoms with van der Waals surface area (Å²) < 4.78 is 1.49. The first kappa shape index (κ1) is 12.1. The van der Waals surface area contributed by atoms with Gasteiger partial charge in [-0.25, -0.2) is 4.68 Å². The number of anilines is 1. The number of hydrogen-bond acceptors (Lipinski definition) is 4. The average molecular weight is 236 g/mol. The molecule has 0 radical (unpaired) electrons. The molecule has 1 aliphatic rings. The lowest BCUT2D eigenvalue weighted by Gasteiger charge is -2.28. The van der Waals surface area contributed by atoms with Gasteiger partial charge in [-0.2, -0.15) is 5.10 Å². The summed E-state index contributed by atoms with van der Waals surface area (Å²) in [6.07, 6.45) is 6.28. The van der Waals surface area contributed by atoms with Crippen molar-refractivity contribution in [2.75, 3.05) is 24.5 Å². The van der Waals surface area contributed by atoms with Gasteiger partial charge in [-0.3, -0.25) is 4.79 Å². The summed E-state index contributed by atoms with van der Waals surface area (Å²) in [5.41, 5.74) is 6.35. The molecule has 0 bridgehead atoms. The van der Waals surface area contributed by atoms with Crippen molar-refractivity contribution in [3.63, 3.8) is 0 Å². The molecule has 2 rings (SSSR count). The molecule has 0 aromatic carbocycles. The monoisotopic (exact) mass is 236 g/mol. The third kappa shape index (κ3) is 3.06. The minimum atomic E-state index is -0.0264. The number of rotatable bonds is 4. The summed E-state index contributed by atoms with van der Waals surface area (Å²) in [5.74, 6) is 0.